The van der Waals surface area contributed by atoms with Crippen LogP contribution in [0, 0.1) is 0 Å². The maximum atomic E-state index is 12.5. The molecular formula is C20H28N3O2+. The number of amides is 1. The summed E-state index contributed by atoms with van der Waals surface area (Å²) in [5, 5.41) is 10.6. The lowest BCUT2D eigenvalue weighted by molar-refractivity contribution is -0.671. The summed E-state index contributed by atoms with van der Waals surface area (Å²) in [6.07, 6.45) is 11.0. The van der Waals surface area contributed by atoms with Gasteiger partial charge in [0.05, 0.1) is 20.0 Å². The number of carbonyl (C=O) groups is 1. The number of hydrogen-bond acceptors (Lipinski definition) is 2. The summed E-state index contributed by atoms with van der Waals surface area (Å²) >= 11 is 0. The molecule has 25 heavy (non-hydrogen) atoms. The Balaban J connectivity index is 1.61. The van der Waals surface area contributed by atoms with Crippen molar-refractivity contribution in [2.24, 2.45) is 7.05 Å². The van der Waals surface area contributed by atoms with Crippen molar-refractivity contribution in [3.8, 4) is 5.75 Å². The number of imidazole rings is 1. The molecule has 5 heteroatoms. The largest absolute Gasteiger partial charge is 0.507 e. The zero-order chi connectivity index (χ0) is 17.8. The number of aromatic nitrogens is 2. The molecule has 2 aromatic rings. The smallest absolute Gasteiger partial charge is 0.243 e. The first-order valence-corrected chi connectivity index (χ1v) is 9.10. The number of rotatable bonds is 6. The Kier molecular flexibility index (Phi) is 5.41. The van der Waals surface area contributed by atoms with E-state index >= 15 is 0 Å². The zero-order valence-electron chi connectivity index (χ0n) is 15.2. The molecule has 5 nitrogen and oxygen atoms in total. The lowest BCUT2D eigenvalue weighted by Gasteiger charge is -2.18. The average molecular weight is 342 g/mol. The highest BCUT2D eigenvalue weighted by Gasteiger charge is 2.22. The van der Waals surface area contributed by atoms with Crippen LogP contribution in [0.1, 0.15) is 42.7 Å². The number of nitrogens with zero attached hydrogens (tertiary/aromatic N) is 3. The van der Waals surface area contributed by atoms with Crippen molar-refractivity contribution in [3.05, 3.63) is 48.0 Å². The van der Waals surface area contributed by atoms with E-state index in [4.69, 9.17) is 0 Å². The molecule has 0 unspecified atom stereocenters. The maximum Gasteiger partial charge on any atom is 0.243 e. The van der Waals surface area contributed by atoms with Crippen LogP contribution in [-0.2, 0) is 24.8 Å². The molecule has 1 aliphatic carbocycles. The number of phenolic OH excluding ortho intramolecular Hbond substituents is 1. The third-order valence-corrected chi connectivity index (χ3v) is 5.23. The van der Waals surface area contributed by atoms with Crippen LogP contribution in [0.4, 0.5) is 0 Å². The van der Waals surface area contributed by atoms with E-state index < -0.39 is 0 Å². The molecule has 3 rings (SSSR count). The Hall–Kier alpha value is -2.30. The third-order valence-electron chi connectivity index (χ3n) is 5.23. The van der Waals surface area contributed by atoms with Crippen LogP contribution in [0.25, 0.3) is 0 Å². The molecule has 1 aromatic carbocycles. The monoisotopic (exact) mass is 342 g/mol. The van der Waals surface area contributed by atoms with Gasteiger partial charge in [-0.25, -0.2) is 9.13 Å². The van der Waals surface area contributed by atoms with E-state index in [0.29, 0.717) is 18.2 Å². The second-order valence-corrected chi connectivity index (χ2v) is 7.15. The van der Waals surface area contributed by atoms with Gasteiger partial charge in [-0.15, -0.1) is 0 Å². The average Bonchev–Trinajstić information content (AvgIpc) is 3.26. The van der Waals surface area contributed by atoms with E-state index in [1.54, 1.807) is 4.90 Å². The SMILES string of the molecule is CN(CCn1cc[n+](C)c1)C(=O)Cc1cccc(C2CCCC2)c1O. The first-order valence-electron chi connectivity index (χ1n) is 9.10. The van der Waals surface area contributed by atoms with Crippen molar-refractivity contribution in [1.82, 2.24) is 9.47 Å². The molecule has 134 valence electrons. The minimum absolute atomic E-state index is 0.0374. The number of phenols is 1. The Bertz CT molecular complexity index is 732. The Morgan fingerprint density at radius 1 is 1.36 bits per heavy atom. The Labute approximate surface area is 149 Å². The highest BCUT2D eigenvalue weighted by Crippen LogP contribution is 2.39. The Morgan fingerprint density at radius 2 is 2.12 bits per heavy atom. The zero-order valence-corrected chi connectivity index (χ0v) is 15.2. The van der Waals surface area contributed by atoms with Crippen molar-refractivity contribution in [2.75, 3.05) is 13.6 Å². The second-order valence-electron chi connectivity index (χ2n) is 7.15. The molecule has 0 saturated heterocycles. The predicted molar refractivity (Wildman–Crippen MR) is 96.3 cm³/mol. The predicted octanol–water partition coefficient (Wildman–Crippen LogP) is 2.38. The number of para-hydroxylation sites is 1. The van der Waals surface area contributed by atoms with E-state index in [9.17, 15) is 9.90 Å². The summed E-state index contributed by atoms with van der Waals surface area (Å²) in [4.78, 5) is 14.3. The van der Waals surface area contributed by atoms with Crippen LogP contribution >= 0.6 is 0 Å². The van der Waals surface area contributed by atoms with Crippen LogP contribution < -0.4 is 4.57 Å². The van der Waals surface area contributed by atoms with E-state index in [2.05, 4.69) is 4.57 Å². The van der Waals surface area contributed by atoms with Gasteiger partial charge >= 0.3 is 0 Å². The molecule has 1 aromatic heterocycles. The van der Waals surface area contributed by atoms with Crippen molar-refractivity contribution in [3.63, 3.8) is 0 Å². The molecule has 0 atom stereocenters. The fourth-order valence-electron chi connectivity index (χ4n) is 3.64. The fourth-order valence-corrected chi connectivity index (χ4v) is 3.64. The molecule has 0 aliphatic heterocycles. The molecule has 1 amide bonds. The fraction of sp³-hybridized carbons (Fsp3) is 0.500. The van der Waals surface area contributed by atoms with E-state index in [0.717, 1.165) is 30.5 Å². The minimum atomic E-state index is 0.0374. The summed E-state index contributed by atoms with van der Waals surface area (Å²) < 4.78 is 4.04. The molecule has 1 saturated carbocycles. The van der Waals surface area contributed by atoms with Gasteiger partial charge in [-0.1, -0.05) is 31.0 Å². The van der Waals surface area contributed by atoms with Crippen LogP contribution in [0.15, 0.2) is 36.9 Å². The van der Waals surface area contributed by atoms with E-state index in [1.807, 2.05) is 55.6 Å². The van der Waals surface area contributed by atoms with Crippen LogP contribution in [0.3, 0.4) is 0 Å². The number of aryl methyl sites for hydroxylation is 1. The van der Waals surface area contributed by atoms with Crippen LogP contribution in [-0.4, -0.2) is 34.1 Å². The first kappa shape index (κ1) is 17.5. The number of hydrogen-bond donors (Lipinski definition) is 1. The number of likely N-dealkylation sites (N-methyl/N-ethyl adjacent to an activating group) is 1. The lowest BCUT2D eigenvalue weighted by atomic mass is 9.93. The van der Waals surface area contributed by atoms with Gasteiger partial charge < -0.3 is 10.0 Å². The molecule has 1 aliphatic rings. The minimum Gasteiger partial charge on any atom is -0.507 e. The molecule has 0 spiro atoms. The van der Waals surface area contributed by atoms with Crippen molar-refractivity contribution >= 4 is 5.91 Å². The Morgan fingerprint density at radius 3 is 2.80 bits per heavy atom. The van der Waals surface area contributed by atoms with E-state index in [-0.39, 0.29) is 12.3 Å². The lowest BCUT2D eigenvalue weighted by Crippen LogP contribution is -2.31. The molecular weight excluding hydrogens is 314 g/mol. The van der Waals surface area contributed by atoms with Gasteiger partial charge in [0, 0.05) is 12.6 Å². The standard InChI is InChI=1S/C20H27N3O2/c1-21-10-12-23(15-21)13-11-22(2)19(24)14-17-8-5-9-18(20(17)25)16-6-3-4-7-16/h5,8-10,12,15-16H,3-4,6-7,11,13-14H2,1-2H3/p+1. The molecule has 1 heterocycles. The number of aromatic hydroxyl groups is 1. The second kappa shape index (κ2) is 7.72. The summed E-state index contributed by atoms with van der Waals surface area (Å²) in [7, 11) is 3.80. The van der Waals surface area contributed by atoms with Gasteiger partial charge in [0.2, 0.25) is 12.2 Å². The number of carbonyl (C=O) groups excluding carboxylic acids is 1. The molecule has 1 fully saturated rings. The van der Waals surface area contributed by atoms with Gasteiger partial charge in [0.25, 0.3) is 0 Å². The first-order chi connectivity index (χ1) is 12.0. The highest BCUT2D eigenvalue weighted by atomic mass is 16.3. The summed E-state index contributed by atoms with van der Waals surface area (Å²) in [6.45, 7) is 1.41. The van der Waals surface area contributed by atoms with Gasteiger partial charge in [-0.3, -0.25) is 4.79 Å². The maximum absolute atomic E-state index is 12.5. The van der Waals surface area contributed by atoms with Gasteiger partial charge in [-0.05, 0) is 24.3 Å². The molecule has 0 bridgehead atoms. The summed E-state index contributed by atoms with van der Waals surface area (Å²) in [5.74, 6) is 0.811. The van der Waals surface area contributed by atoms with Crippen molar-refractivity contribution < 1.29 is 14.5 Å². The van der Waals surface area contributed by atoms with E-state index in [1.165, 1.54) is 12.8 Å². The third kappa shape index (κ3) is 4.21. The normalized spacial score (nSPS) is 14.8. The molecule has 1 N–H and O–H groups in total. The molecule has 0 radical (unpaired) electrons. The van der Waals surface area contributed by atoms with Crippen molar-refractivity contribution in [2.45, 2.75) is 44.6 Å². The number of benzene rings is 1. The summed E-state index contributed by atoms with van der Waals surface area (Å²) in [5.41, 5.74) is 1.76. The summed E-state index contributed by atoms with van der Waals surface area (Å²) in [6, 6.07) is 5.84. The van der Waals surface area contributed by atoms with Crippen LogP contribution in [0.2, 0.25) is 0 Å². The van der Waals surface area contributed by atoms with Crippen molar-refractivity contribution in [1.29, 1.82) is 0 Å². The highest BCUT2D eigenvalue weighted by molar-refractivity contribution is 5.79. The van der Waals surface area contributed by atoms with Gasteiger partial charge in [0.1, 0.15) is 24.7 Å². The van der Waals surface area contributed by atoms with Gasteiger partial charge in [0.15, 0.2) is 0 Å². The van der Waals surface area contributed by atoms with Gasteiger partial charge in [-0.2, -0.15) is 0 Å². The topological polar surface area (TPSA) is 49.4 Å². The van der Waals surface area contributed by atoms with Crippen LogP contribution in [0.5, 0.6) is 5.75 Å². The quantitative estimate of drug-likeness (QED) is 0.820.